The monoisotopic (exact) mass is 261 g/mol. The normalized spacial score (nSPS) is 28.3. The van der Waals surface area contributed by atoms with Crippen molar-refractivity contribution in [1.29, 1.82) is 0 Å². The molecule has 1 aromatic rings. The highest BCUT2D eigenvalue weighted by Gasteiger charge is 2.35. The Morgan fingerprint density at radius 1 is 1.50 bits per heavy atom. The van der Waals surface area contributed by atoms with E-state index < -0.39 is 15.9 Å². The van der Waals surface area contributed by atoms with Gasteiger partial charge in [-0.3, -0.25) is 0 Å². The third-order valence-corrected chi connectivity index (χ3v) is 5.17. The van der Waals surface area contributed by atoms with E-state index in [1.165, 1.54) is 5.56 Å². The molecule has 6 heteroatoms. The number of nitrogens with one attached hydrogen (secondary N) is 1. The molecule has 0 aromatic carbocycles. The van der Waals surface area contributed by atoms with E-state index in [1.54, 1.807) is 11.3 Å². The Morgan fingerprint density at radius 3 is 2.88 bits per heavy atom. The number of rotatable bonds is 4. The Bertz CT molecular complexity index is 427. The smallest absolute Gasteiger partial charge is 0.154 e. The predicted molar refractivity (Wildman–Crippen MR) is 64.5 cm³/mol. The third kappa shape index (κ3) is 3.04. The highest BCUT2D eigenvalue weighted by molar-refractivity contribution is 7.91. The maximum Gasteiger partial charge on any atom is 0.154 e. The Morgan fingerprint density at radius 2 is 2.31 bits per heavy atom. The molecule has 90 valence electrons. The molecule has 1 aliphatic heterocycles. The number of hydrogen-bond acceptors (Lipinski definition) is 5. The molecule has 2 atom stereocenters. The average molecular weight is 261 g/mol. The Labute approximate surface area is 99.2 Å². The first-order valence-corrected chi connectivity index (χ1v) is 7.96. The molecule has 2 rings (SSSR count). The van der Waals surface area contributed by atoms with Crippen molar-refractivity contribution in [3.05, 3.63) is 22.4 Å². The van der Waals surface area contributed by atoms with Crippen molar-refractivity contribution in [3.63, 3.8) is 0 Å². The van der Waals surface area contributed by atoms with Gasteiger partial charge in [0, 0.05) is 6.04 Å². The van der Waals surface area contributed by atoms with Crippen molar-refractivity contribution in [2.24, 2.45) is 0 Å². The molecule has 0 spiro atoms. The summed E-state index contributed by atoms with van der Waals surface area (Å²) in [5, 5.41) is 16.7. The van der Waals surface area contributed by atoms with Crippen LogP contribution in [0.2, 0.25) is 0 Å². The van der Waals surface area contributed by atoms with E-state index in [2.05, 4.69) is 10.7 Å². The first-order chi connectivity index (χ1) is 7.57. The summed E-state index contributed by atoms with van der Waals surface area (Å²) in [5.74, 6) is -0.0546. The van der Waals surface area contributed by atoms with Crippen molar-refractivity contribution >= 4 is 21.2 Å². The van der Waals surface area contributed by atoms with E-state index in [-0.39, 0.29) is 17.5 Å². The number of aliphatic hydroxyl groups excluding tert-OH is 1. The van der Waals surface area contributed by atoms with Crippen molar-refractivity contribution < 1.29 is 13.5 Å². The molecule has 2 N–H and O–H groups in total. The first kappa shape index (κ1) is 12.0. The van der Waals surface area contributed by atoms with E-state index in [9.17, 15) is 13.5 Å². The van der Waals surface area contributed by atoms with Gasteiger partial charge >= 0.3 is 0 Å². The minimum Gasteiger partial charge on any atom is -0.390 e. The SMILES string of the molecule is O=S1(=O)CC(O)C(NCCc2ccsc2)C1. The van der Waals surface area contributed by atoms with E-state index in [4.69, 9.17) is 0 Å². The van der Waals surface area contributed by atoms with Crippen LogP contribution in [0.3, 0.4) is 0 Å². The molecule has 0 aliphatic carbocycles. The van der Waals surface area contributed by atoms with Gasteiger partial charge in [0.15, 0.2) is 9.84 Å². The molecule has 1 aromatic heterocycles. The molecule has 1 saturated heterocycles. The second-order valence-electron chi connectivity index (χ2n) is 4.09. The Balaban J connectivity index is 1.79. The average Bonchev–Trinajstić information content (AvgIpc) is 2.75. The molecular formula is C10H15NO3S2. The highest BCUT2D eigenvalue weighted by atomic mass is 32.2. The van der Waals surface area contributed by atoms with Crippen LogP contribution in [0.1, 0.15) is 5.56 Å². The van der Waals surface area contributed by atoms with Gasteiger partial charge < -0.3 is 10.4 Å². The third-order valence-electron chi connectivity index (χ3n) is 2.72. The number of aliphatic hydroxyl groups is 1. The minimum atomic E-state index is -3.04. The van der Waals surface area contributed by atoms with Crippen molar-refractivity contribution in [2.75, 3.05) is 18.1 Å². The van der Waals surface area contributed by atoms with Gasteiger partial charge in [-0.25, -0.2) is 8.42 Å². The molecule has 0 saturated carbocycles. The molecule has 0 bridgehead atoms. The molecule has 16 heavy (non-hydrogen) atoms. The van der Waals surface area contributed by atoms with Crippen LogP contribution in [0, 0.1) is 0 Å². The number of hydrogen-bond donors (Lipinski definition) is 2. The van der Waals surface area contributed by atoms with Crippen molar-refractivity contribution in [2.45, 2.75) is 18.6 Å². The Hall–Kier alpha value is -0.430. The van der Waals surface area contributed by atoms with Crippen LogP contribution in [-0.2, 0) is 16.3 Å². The van der Waals surface area contributed by atoms with E-state index >= 15 is 0 Å². The van der Waals surface area contributed by atoms with Gasteiger partial charge in [-0.2, -0.15) is 11.3 Å². The lowest BCUT2D eigenvalue weighted by Crippen LogP contribution is -2.39. The lowest BCUT2D eigenvalue weighted by molar-refractivity contribution is 0.166. The standard InChI is InChI=1S/C10H15NO3S2/c12-10-7-16(13,14)6-9(10)11-3-1-8-2-4-15-5-8/h2,4-5,9-12H,1,3,6-7H2. The first-order valence-electron chi connectivity index (χ1n) is 5.20. The van der Waals surface area contributed by atoms with E-state index in [1.807, 2.05) is 11.4 Å². The zero-order valence-corrected chi connectivity index (χ0v) is 10.4. The van der Waals surface area contributed by atoms with E-state index in [0.29, 0.717) is 6.54 Å². The summed E-state index contributed by atoms with van der Waals surface area (Å²) >= 11 is 1.65. The van der Waals surface area contributed by atoms with E-state index in [0.717, 1.165) is 6.42 Å². The van der Waals surface area contributed by atoms with Gasteiger partial charge in [-0.15, -0.1) is 0 Å². The van der Waals surface area contributed by atoms with Crippen LogP contribution < -0.4 is 5.32 Å². The molecule has 1 fully saturated rings. The molecule has 2 unspecified atom stereocenters. The fourth-order valence-electron chi connectivity index (χ4n) is 1.86. The van der Waals surface area contributed by atoms with Gasteiger partial charge in [-0.1, -0.05) is 0 Å². The summed E-state index contributed by atoms with van der Waals surface area (Å²) in [4.78, 5) is 0. The summed E-state index contributed by atoms with van der Waals surface area (Å²) < 4.78 is 22.5. The fraction of sp³-hybridized carbons (Fsp3) is 0.600. The maximum absolute atomic E-state index is 11.2. The molecule has 0 amide bonds. The largest absolute Gasteiger partial charge is 0.390 e. The summed E-state index contributed by atoms with van der Waals surface area (Å²) in [5.41, 5.74) is 1.24. The molecule has 0 radical (unpaired) electrons. The summed E-state index contributed by atoms with van der Waals surface area (Å²) in [6.45, 7) is 0.702. The van der Waals surface area contributed by atoms with Crippen LogP contribution >= 0.6 is 11.3 Å². The van der Waals surface area contributed by atoms with Crippen LogP contribution in [0.25, 0.3) is 0 Å². The predicted octanol–water partition coefficient (Wildman–Crippen LogP) is 0.0381. The molecule has 2 heterocycles. The number of thiophene rings is 1. The quantitative estimate of drug-likeness (QED) is 0.803. The lowest BCUT2D eigenvalue weighted by atomic mass is 10.2. The summed E-state index contributed by atoms with van der Waals surface area (Å²) in [7, 11) is -3.04. The highest BCUT2D eigenvalue weighted by Crippen LogP contribution is 2.12. The maximum atomic E-state index is 11.2. The second kappa shape index (κ2) is 4.83. The van der Waals surface area contributed by atoms with Crippen LogP contribution in [-0.4, -0.2) is 43.7 Å². The van der Waals surface area contributed by atoms with Gasteiger partial charge in [0.25, 0.3) is 0 Å². The van der Waals surface area contributed by atoms with Gasteiger partial charge in [0.2, 0.25) is 0 Å². The van der Waals surface area contributed by atoms with Gasteiger partial charge in [0.05, 0.1) is 17.6 Å². The second-order valence-corrected chi connectivity index (χ2v) is 7.02. The number of sulfone groups is 1. The van der Waals surface area contributed by atoms with Crippen LogP contribution in [0.5, 0.6) is 0 Å². The zero-order chi connectivity index (χ0) is 11.6. The van der Waals surface area contributed by atoms with Gasteiger partial charge in [0.1, 0.15) is 0 Å². The van der Waals surface area contributed by atoms with Crippen molar-refractivity contribution in [1.82, 2.24) is 5.32 Å². The van der Waals surface area contributed by atoms with Crippen LogP contribution in [0.15, 0.2) is 16.8 Å². The molecule has 1 aliphatic rings. The Kier molecular flexibility index (Phi) is 3.63. The van der Waals surface area contributed by atoms with Gasteiger partial charge in [-0.05, 0) is 35.4 Å². The summed E-state index contributed by atoms with van der Waals surface area (Å²) in [6.07, 6.45) is 0.111. The minimum absolute atomic E-state index is 0.0534. The topological polar surface area (TPSA) is 66.4 Å². The van der Waals surface area contributed by atoms with Crippen LogP contribution in [0.4, 0.5) is 0 Å². The fourth-order valence-corrected chi connectivity index (χ4v) is 4.34. The zero-order valence-electron chi connectivity index (χ0n) is 8.80. The molecule has 4 nitrogen and oxygen atoms in total. The van der Waals surface area contributed by atoms with Crippen molar-refractivity contribution in [3.8, 4) is 0 Å². The lowest BCUT2D eigenvalue weighted by Gasteiger charge is -2.14. The molecular weight excluding hydrogens is 246 g/mol. The summed E-state index contributed by atoms with van der Waals surface area (Å²) in [6, 6.07) is 1.75.